The third-order valence-electron chi connectivity index (χ3n) is 4.09. The number of nitrogens with one attached hydrogen (secondary N) is 1. The summed E-state index contributed by atoms with van der Waals surface area (Å²) >= 11 is 3.37. The Morgan fingerprint density at radius 2 is 2.13 bits per heavy atom. The molecule has 0 atom stereocenters. The fraction of sp³-hybridized carbons (Fsp3) is 0.412. The van der Waals surface area contributed by atoms with Gasteiger partial charge < -0.3 is 10.4 Å². The summed E-state index contributed by atoms with van der Waals surface area (Å²) in [5.74, 6) is 0.780. The van der Waals surface area contributed by atoms with Crippen molar-refractivity contribution in [1.29, 1.82) is 0 Å². The van der Waals surface area contributed by atoms with Crippen LogP contribution in [0.25, 0.3) is 0 Å². The zero-order valence-corrected chi connectivity index (χ0v) is 14.7. The summed E-state index contributed by atoms with van der Waals surface area (Å²) in [4.78, 5) is 16.6. The Labute approximate surface area is 144 Å². The highest BCUT2D eigenvalue weighted by Gasteiger charge is 2.42. The van der Waals surface area contributed by atoms with Gasteiger partial charge in [-0.3, -0.25) is 4.79 Å². The molecular formula is C17H20N2O2S2. The third kappa shape index (κ3) is 4.34. The van der Waals surface area contributed by atoms with E-state index in [1.807, 2.05) is 31.2 Å². The Balaban J connectivity index is 1.51. The zero-order valence-electron chi connectivity index (χ0n) is 13.0. The summed E-state index contributed by atoms with van der Waals surface area (Å²) in [5, 5.41) is 14.2. The molecule has 0 unspecified atom stereocenters. The van der Waals surface area contributed by atoms with Crippen LogP contribution in [0.15, 0.2) is 34.0 Å². The maximum Gasteiger partial charge on any atom is 0.251 e. The van der Waals surface area contributed by atoms with E-state index in [0.29, 0.717) is 12.1 Å². The highest BCUT2D eigenvalue weighted by Crippen LogP contribution is 2.44. The van der Waals surface area contributed by atoms with Crippen molar-refractivity contribution < 1.29 is 9.90 Å². The van der Waals surface area contributed by atoms with E-state index < -0.39 is 0 Å². The van der Waals surface area contributed by atoms with E-state index in [2.05, 4.69) is 15.7 Å². The smallest absolute Gasteiger partial charge is 0.251 e. The number of thiazole rings is 1. The standard InChI is InChI=1S/C17H20N2O2S2/c1-12-8-22-16(19-12)23-9-13-2-4-14(5-3-13)15(21)18-10-17(11-20)6-7-17/h2-5,8,20H,6-7,9-11H2,1H3,(H,18,21). The van der Waals surface area contributed by atoms with Gasteiger partial charge in [-0.05, 0) is 37.5 Å². The van der Waals surface area contributed by atoms with Gasteiger partial charge in [-0.2, -0.15) is 0 Å². The van der Waals surface area contributed by atoms with Gasteiger partial charge >= 0.3 is 0 Å². The van der Waals surface area contributed by atoms with Crippen LogP contribution in [0, 0.1) is 12.3 Å². The van der Waals surface area contributed by atoms with Gasteiger partial charge in [-0.1, -0.05) is 23.9 Å². The molecule has 6 heteroatoms. The normalized spacial score (nSPS) is 15.4. The van der Waals surface area contributed by atoms with E-state index in [-0.39, 0.29) is 17.9 Å². The molecule has 0 spiro atoms. The van der Waals surface area contributed by atoms with Crippen molar-refractivity contribution in [1.82, 2.24) is 10.3 Å². The van der Waals surface area contributed by atoms with Crippen LogP contribution in [0.5, 0.6) is 0 Å². The lowest BCUT2D eigenvalue weighted by atomic mass is 10.1. The number of amides is 1. The summed E-state index contributed by atoms with van der Waals surface area (Å²) in [5.41, 5.74) is 2.84. The lowest BCUT2D eigenvalue weighted by Gasteiger charge is -2.12. The number of aromatic nitrogens is 1. The van der Waals surface area contributed by atoms with E-state index in [0.717, 1.165) is 28.6 Å². The molecule has 2 aromatic rings. The Hall–Kier alpha value is -1.37. The number of aliphatic hydroxyl groups excluding tert-OH is 1. The molecule has 1 aliphatic rings. The largest absolute Gasteiger partial charge is 0.396 e. The second kappa shape index (κ2) is 7.03. The van der Waals surface area contributed by atoms with Crippen molar-refractivity contribution in [3.8, 4) is 0 Å². The van der Waals surface area contributed by atoms with Gasteiger partial charge in [0.2, 0.25) is 0 Å². The minimum atomic E-state index is -0.0699. The monoisotopic (exact) mass is 348 g/mol. The SMILES string of the molecule is Cc1csc(SCc2ccc(C(=O)NCC3(CO)CC3)cc2)n1. The Morgan fingerprint density at radius 1 is 1.39 bits per heavy atom. The number of benzene rings is 1. The number of thioether (sulfide) groups is 1. The van der Waals surface area contributed by atoms with Crippen LogP contribution in [0.3, 0.4) is 0 Å². The van der Waals surface area contributed by atoms with Crippen LogP contribution >= 0.6 is 23.1 Å². The number of aliphatic hydroxyl groups is 1. The number of carbonyl (C=O) groups is 1. The van der Waals surface area contributed by atoms with Gasteiger partial charge in [0.25, 0.3) is 5.91 Å². The number of hydrogen-bond acceptors (Lipinski definition) is 5. The van der Waals surface area contributed by atoms with E-state index in [1.165, 1.54) is 5.56 Å². The van der Waals surface area contributed by atoms with Crippen LogP contribution in [-0.2, 0) is 5.75 Å². The van der Waals surface area contributed by atoms with Crippen molar-refractivity contribution in [2.75, 3.05) is 13.2 Å². The van der Waals surface area contributed by atoms with Crippen molar-refractivity contribution in [3.05, 3.63) is 46.5 Å². The molecule has 1 fully saturated rings. The average molecular weight is 348 g/mol. The predicted molar refractivity (Wildman–Crippen MR) is 93.9 cm³/mol. The minimum absolute atomic E-state index is 0.0575. The molecule has 4 nitrogen and oxygen atoms in total. The Morgan fingerprint density at radius 3 is 2.70 bits per heavy atom. The molecule has 3 rings (SSSR count). The highest BCUT2D eigenvalue weighted by atomic mass is 32.2. The maximum atomic E-state index is 12.1. The van der Waals surface area contributed by atoms with Gasteiger partial charge in [0, 0.05) is 34.4 Å². The van der Waals surface area contributed by atoms with Crippen LogP contribution in [0.2, 0.25) is 0 Å². The van der Waals surface area contributed by atoms with Crippen LogP contribution in [0.4, 0.5) is 0 Å². The van der Waals surface area contributed by atoms with Gasteiger partial charge in [-0.25, -0.2) is 4.98 Å². The molecule has 23 heavy (non-hydrogen) atoms. The second-order valence-electron chi connectivity index (χ2n) is 6.08. The summed E-state index contributed by atoms with van der Waals surface area (Å²) in [6.45, 7) is 2.71. The van der Waals surface area contributed by atoms with E-state index in [1.54, 1.807) is 23.1 Å². The Kier molecular flexibility index (Phi) is 5.04. The number of nitrogens with zero attached hydrogens (tertiary/aromatic N) is 1. The van der Waals surface area contributed by atoms with E-state index in [4.69, 9.17) is 0 Å². The molecule has 1 amide bonds. The number of hydrogen-bond donors (Lipinski definition) is 2. The van der Waals surface area contributed by atoms with Crippen LogP contribution < -0.4 is 5.32 Å². The molecule has 122 valence electrons. The first-order chi connectivity index (χ1) is 11.1. The average Bonchev–Trinajstić information content (AvgIpc) is 3.25. The second-order valence-corrected chi connectivity index (χ2v) is 8.16. The Bertz CT molecular complexity index is 678. The van der Waals surface area contributed by atoms with Gasteiger partial charge in [0.15, 0.2) is 0 Å². The molecule has 1 aromatic heterocycles. The van der Waals surface area contributed by atoms with Gasteiger partial charge in [0.05, 0.1) is 6.61 Å². The molecule has 1 saturated carbocycles. The first-order valence-corrected chi connectivity index (χ1v) is 9.50. The fourth-order valence-electron chi connectivity index (χ4n) is 2.23. The molecule has 0 aliphatic heterocycles. The molecular weight excluding hydrogens is 328 g/mol. The molecule has 0 saturated heterocycles. The molecule has 0 bridgehead atoms. The predicted octanol–water partition coefficient (Wildman–Crippen LogP) is 3.25. The quantitative estimate of drug-likeness (QED) is 0.754. The van der Waals surface area contributed by atoms with Crippen LogP contribution in [0.1, 0.15) is 34.5 Å². The first-order valence-electron chi connectivity index (χ1n) is 7.63. The summed E-state index contributed by atoms with van der Waals surface area (Å²) in [6.07, 6.45) is 1.99. The molecule has 2 N–H and O–H groups in total. The molecule has 1 aromatic carbocycles. The lowest BCUT2D eigenvalue weighted by Crippen LogP contribution is -2.31. The lowest BCUT2D eigenvalue weighted by molar-refractivity contribution is 0.0935. The maximum absolute atomic E-state index is 12.1. The summed E-state index contributed by atoms with van der Waals surface area (Å²) < 4.78 is 1.07. The number of carbonyl (C=O) groups excluding carboxylic acids is 1. The summed E-state index contributed by atoms with van der Waals surface area (Å²) in [7, 11) is 0. The molecule has 0 radical (unpaired) electrons. The molecule has 1 heterocycles. The van der Waals surface area contributed by atoms with Crippen molar-refractivity contribution in [3.63, 3.8) is 0 Å². The minimum Gasteiger partial charge on any atom is -0.396 e. The number of rotatable bonds is 7. The highest BCUT2D eigenvalue weighted by molar-refractivity contribution is 8.00. The van der Waals surface area contributed by atoms with Crippen molar-refractivity contribution in [2.24, 2.45) is 5.41 Å². The fourth-order valence-corrected chi connectivity index (χ4v) is 4.04. The van der Waals surface area contributed by atoms with Gasteiger partial charge in [0.1, 0.15) is 4.34 Å². The van der Waals surface area contributed by atoms with E-state index in [9.17, 15) is 9.90 Å². The van der Waals surface area contributed by atoms with Crippen molar-refractivity contribution in [2.45, 2.75) is 29.9 Å². The zero-order chi connectivity index (χ0) is 16.3. The molecule has 1 aliphatic carbocycles. The third-order valence-corrected chi connectivity index (χ3v) is 6.30. The van der Waals surface area contributed by atoms with E-state index >= 15 is 0 Å². The van der Waals surface area contributed by atoms with Crippen molar-refractivity contribution >= 4 is 29.0 Å². The van der Waals surface area contributed by atoms with Gasteiger partial charge in [-0.15, -0.1) is 11.3 Å². The summed E-state index contributed by atoms with van der Waals surface area (Å²) in [6, 6.07) is 7.69. The van der Waals surface area contributed by atoms with Crippen LogP contribution in [-0.4, -0.2) is 29.1 Å². The first kappa shape index (κ1) is 16.5. The number of aryl methyl sites for hydroxylation is 1. The topological polar surface area (TPSA) is 62.2 Å².